The van der Waals surface area contributed by atoms with Crippen molar-refractivity contribution in [1.82, 2.24) is 9.62 Å². The van der Waals surface area contributed by atoms with Crippen LogP contribution in [0.3, 0.4) is 0 Å². The Bertz CT molecular complexity index is 819. The van der Waals surface area contributed by atoms with Crippen molar-refractivity contribution in [3.05, 3.63) is 58.6 Å². The highest BCUT2D eigenvalue weighted by Gasteiger charge is 2.25. The van der Waals surface area contributed by atoms with Gasteiger partial charge in [-0.3, -0.25) is 4.90 Å². The number of sulfonamides is 1. The molecule has 1 aliphatic rings. The summed E-state index contributed by atoms with van der Waals surface area (Å²) in [7, 11) is -3.54. The zero-order valence-electron chi connectivity index (χ0n) is 13.9. The number of piperidine rings is 1. The van der Waals surface area contributed by atoms with Gasteiger partial charge >= 0.3 is 0 Å². The fourth-order valence-electron chi connectivity index (χ4n) is 3.03. The third-order valence-corrected chi connectivity index (χ3v) is 6.68. The number of hydrogen-bond acceptors (Lipinski definition) is 4. The van der Waals surface area contributed by atoms with E-state index in [2.05, 4.69) is 37.7 Å². The van der Waals surface area contributed by atoms with Crippen LogP contribution in [0.1, 0.15) is 18.4 Å². The number of nitrogens with one attached hydrogen (secondary N) is 1. The molecular formula is C18H22BrN3O2S. The van der Waals surface area contributed by atoms with Crippen LogP contribution in [-0.2, 0) is 16.6 Å². The summed E-state index contributed by atoms with van der Waals surface area (Å²) in [5.41, 5.74) is 7.50. The van der Waals surface area contributed by atoms with Crippen molar-refractivity contribution >= 4 is 31.6 Å². The number of likely N-dealkylation sites (tertiary alicyclic amines) is 1. The molecular weight excluding hydrogens is 402 g/mol. The monoisotopic (exact) mass is 423 g/mol. The lowest BCUT2D eigenvalue weighted by molar-refractivity contribution is 0.200. The van der Waals surface area contributed by atoms with Crippen molar-refractivity contribution in [1.29, 1.82) is 0 Å². The largest absolute Gasteiger partial charge is 0.398 e. The molecule has 0 amide bonds. The van der Waals surface area contributed by atoms with Crippen LogP contribution < -0.4 is 10.5 Å². The number of benzene rings is 2. The smallest absolute Gasteiger partial charge is 0.240 e. The van der Waals surface area contributed by atoms with Gasteiger partial charge in [-0.05, 0) is 52.5 Å². The highest BCUT2D eigenvalue weighted by Crippen LogP contribution is 2.23. The number of halogens is 1. The molecule has 3 rings (SSSR count). The highest BCUT2D eigenvalue weighted by molar-refractivity contribution is 9.10. The van der Waals surface area contributed by atoms with E-state index in [0.29, 0.717) is 10.2 Å². The van der Waals surface area contributed by atoms with E-state index in [1.165, 1.54) is 11.6 Å². The van der Waals surface area contributed by atoms with Crippen LogP contribution in [-0.4, -0.2) is 32.4 Å². The number of hydrogen-bond donors (Lipinski definition) is 2. The van der Waals surface area contributed by atoms with Crippen LogP contribution in [0.4, 0.5) is 5.69 Å². The average molecular weight is 424 g/mol. The van der Waals surface area contributed by atoms with Gasteiger partial charge in [0.25, 0.3) is 0 Å². The van der Waals surface area contributed by atoms with Gasteiger partial charge in [0.1, 0.15) is 0 Å². The molecule has 2 aromatic rings. The molecule has 0 aliphatic carbocycles. The molecule has 3 N–H and O–H groups in total. The fourth-order valence-corrected chi connectivity index (χ4v) is 4.61. The molecule has 7 heteroatoms. The lowest BCUT2D eigenvalue weighted by Crippen LogP contribution is -2.44. The second-order valence-electron chi connectivity index (χ2n) is 6.34. The van der Waals surface area contributed by atoms with E-state index in [0.717, 1.165) is 32.5 Å². The van der Waals surface area contributed by atoms with Gasteiger partial charge in [0.15, 0.2) is 0 Å². The lowest BCUT2D eigenvalue weighted by Gasteiger charge is -2.32. The molecule has 0 bridgehead atoms. The summed E-state index contributed by atoms with van der Waals surface area (Å²) in [4.78, 5) is 2.57. The van der Waals surface area contributed by atoms with Gasteiger partial charge in [-0.15, -0.1) is 0 Å². The molecule has 0 radical (unpaired) electrons. The normalized spacial score (nSPS) is 16.8. The van der Waals surface area contributed by atoms with Crippen LogP contribution in [0.5, 0.6) is 0 Å². The maximum absolute atomic E-state index is 12.5. The van der Waals surface area contributed by atoms with E-state index in [-0.39, 0.29) is 10.9 Å². The van der Waals surface area contributed by atoms with E-state index < -0.39 is 10.0 Å². The average Bonchev–Trinajstić information content (AvgIpc) is 2.60. The number of anilines is 1. The van der Waals surface area contributed by atoms with Gasteiger partial charge in [-0.1, -0.05) is 30.3 Å². The topological polar surface area (TPSA) is 75.4 Å². The summed E-state index contributed by atoms with van der Waals surface area (Å²) in [5, 5.41) is 0. The zero-order chi connectivity index (χ0) is 17.9. The summed E-state index contributed by atoms with van der Waals surface area (Å²) in [6.07, 6.45) is 1.61. The minimum Gasteiger partial charge on any atom is -0.398 e. The molecule has 1 aliphatic heterocycles. The molecule has 2 aromatic carbocycles. The van der Waals surface area contributed by atoms with E-state index in [9.17, 15) is 8.42 Å². The van der Waals surface area contributed by atoms with Crippen molar-refractivity contribution in [2.24, 2.45) is 0 Å². The number of nitrogens with zero attached hydrogens (tertiary/aromatic N) is 1. The van der Waals surface area contributed by atoms with Gasteiger partial charge in [-0.2, -0.15) is 0 Å². The number of rotatable bonds is 5. The summed E-state index contributed by atoms with van der Waals surface area (Å²) < 4.78 is 28.6. The molecule has 0 atom stereocenters. The predicted octanol–water partition coefficient (Wildman–Crippen LogP) is 2.97. The van der Waals surface area contributed by atoms with Crippen molar-refractivity contribution in [2.45, 2.75) is 30.3 Å². The first-order valence-electron chi connectivity index (χ1n) is 8.28. The van der Waals surface area contributed by atoms with Crippen molar-refractivity contribution in [3.8, 4) is 0 Å². The van der Waals surface area contributed by atoms with Crippen LogP contribution in [0.2, 0.25) is 0 Å². The van der Waals surface area contributed by atoms with Crippen molar-refractivity contribution in [3.63, 3.8) is 0 Å². The molecule has 1 heterocycles. The predicted molar refractivity (Wildman–Crippen MR) is 104 cm³/mol. The second kappa shape index (κ2) is 7.86. The van der Waals surface area contributed by atoms with Crippen molar-refractivity contribution in [2.75, 3.05) is 18.8 Å². The Morgan fingerprint density at radius 1 is 1.12 bits per heavy atom. The molecule has 0 saturated carbocycles. The lowest BCUT2D eigenvalue weighted by atomic mass is 10.1. The Kier molecular flexibility index (Phi) is 5.78. The van der Waals surface area contributed by atoms with Gasteiger partial charge in [0.2, 0.25) is 10.0 Å². The quantitative estimate of drug-likeness (QED) is 0.724. The van der Waals surface area contributed by atoms with E-state index in [1.54, 1.807) is 12.1 Å². The Labute approximate surface area is 157 Å². The Morgan fingerprint density at radius 3 is 2.44 bits per heavy atom. The van der Waals surface area contributed by atoms with Crippen LogP contribution in [0.15, 0.2) is 57.9 Å². The van der Waals surface area contributed by atoms with E-state index in [4.69, 9.17) is 5.73 Å². The Morgan fingerprint density at radius 2 is 1.80 bits per heavy atom. The summed E-state index contributed by atoms with van der Waals surface area (Å²) >= 11 is 3.28. The minimum absolute atomic E-state index is 0.0399. The van der Waals surface area contributed by atoms with Gasteiger partial charge in [0, 0.05) is 35.8 Å². The SMILES string of the molecule is Nc1cc(S(=O)(=O)NC2CCN(Cc3ccccc3)CC2)ccc1Br. The molecule has 0 spiro atoms. The van der Waals surface area contributed by atoms with Gasteiger partial charge < -0.3 is 5.73 Å². The first-order valence-corrected chi connectivity index (χ1v) is 10.6. The highest BCUT2D eigenvalue weighted by atomic mass is 79.9. The zero-order valence-corrected chi connectivity index (χ0v) is 16.3. The number of nitrogens with two attached hydrogens (primary N) is 1. The third kappa shape index (κ3) is 4.82. The van der Waals surface area contributed by atoms with Crippen LogP contribution >= 0.6 is 15.9 Å². The molecule has 5 nitrogen and oxygen atoms in total. The van der Waals surface area contributed by atoms with E-state index in [1.807, 2.05) is 18.2 Å². The standard InChI is InChI=1S/C18H22BrN3O2S/c19-17-7-6-16(12-18(17)20)25(23,24)21-15-8-10-22(11-9-15)13-14-4-2-1-3-5-14/h1-7,12,15,21H,8-11,13,20H2. The van der Waals surface area contributed by atoms with Gasteiger partial charge in [-0.25, -0.2) is 13.1 Å². The maximum Gasteiger partial charge on any atom is 0.240 e. The summed E-state index contributed by atoms with van der Waals surface area (Å²) in [5.74, 6) is 0. The summed E-state index contributed by atoms with van der Waals surface area (Å²) in [6, 6.07) is 15.0. The van der Waals surface area contributed by atoms with Crippen LogP contribution in [0, 0.1) is 0 Å². The molecule has 0 aromatic heterocycles. The molecule has 1 fully saturated rings. The second-order valence-corrected chi connectivity index (χ2v) is 8.91. The van der Waals surface area contributed by atoms with E-state index >= 15 is 0 Å². The number of nitrogen functional groups attached to an aromatic ring is 1. The Hall–Kier alpha value is -1.41. The first-order chi connectivity index (χ1) is 11.9. The molecule has 0 unspecified atom stereocenters. The Balaban J connectivity index is 1.57. The van der Waals surface area contributed by atoms with Crippen molar-refractivity contribution < 1.29 is 8.42 Å². The minimum atomic E-state index is -3.54. The van der Waals surface area contributed by atoms with Crippen LogP contribution in [0.25, 0.3) is 0 Å². The molecule has 134 valence electrons. The molecule has 1 saturated heterocycles. The summed E-state index contributed by atoms with van der Waals surface area (Å²) in [6.45, 7) is 2.67. The molecule has 25 heavy (non-hydrogen) atoms. The maximum atomic E-state index is 12.5. The first kappa shape index (κ1) is 18.4. The third-order valence-electron chi connectivity index (χ3n) is 4.44. The fraction of sp³-hybridized carbons (Fsp3) is 0.333. The van der Waals surface area contributed by atoms with Gasteiger partial charge in [0.05, 0.1) is 4.90 Å².